The molecule has 1 amide bonds. The molecule has 1 rings (SSSR count). The zero-order chi connectivity index (χ0) is 14.4. The highest BCUT2D eigenvalue weighted by Crippen LogP contribution is 2.29. The van der Waals surface area contributed by atoms with Crippen LogP contribution in [0.15, 0.2) is 0 Å². The molecule has 5 heteroatoms. The van der Waals surface area contributed by atoms with Crippen molar-refractivity contribution in [1.82, 2.24) is 4.90 Å². The fourth-order valence-corrected chi connectivity index (χ4v) is 2.51. The van der Waals surface area contributed by atoms with Gasteiger partial charge in [0.2, 0.25) is 0 Å². The average Bonchev–Trinajstić information content (AvgIpc) is 2.43. The molecule has 19 heavy (non-hydrogen) atoms. The first-order valence-corrected chi connectivity index (χ1v) is 6.94. The van der Waals surface area contributed by atoms with Gasteiger partial charge >= 0.3 is 6.09 Å². The number of nitrogens with zero attached hydrogens (tertiary/aromatic N) is 2. The molecule has 1 saturated heterocycles. The van der Waals surface area contributed by atoms with Gasteiger partial charge in [0, 0.05) is 13.1 Å². The van der Waals surface area contributed by atoms with E-state index < -0.39 is 18.9 Å². The summed E-state index contributed by atoms with van der Waals surface area (Å²) in [6.45, 7) is 6.29. The molecule has 4 nitrogen and oxygen atoms in total. The third-order valence-electron chi connectivity index (χ3n) is 3.84. The van der Waals surface area contributed by atoms with Gasteiger partial charge in [-0.1, -0.05) is 20.8 Å². The number of rotatable bonds is 4. The third-order valence-corrected chi connectivity index (χ3v) is 3.84. The van der Waals surface area contributed by atoms with Crippen LogP contribution >= 0.6 is 0 Å². The third kappa shape index (κ3) is 4.09. The lowest BCUT2D eigenvalue weighted by atomic mass is 9.79. The molecule has 0 aromatic rings. The van der Waals surface area contributed by atoms with Crippen molar-refractivity contribution in [2.45, 2.75) is 39.7 Å². The predicted molar refractivity (Wildman–Crippen MR) is 70.2 cm³/mol. The highest BCUT2D eigenvalue weighted by Gasteiger charge is 2.34. The second-order valence-corrected chi connectivity index (χ2v) is 5.45. The number of likely N-dealkylation sites (tertiary alicyclic amines) is 1. The molecule has 108 valence electrons. The molecule has 0 bridgehead atoms. The number of hydrogen-bond donors (Lipinski definition) is 0. The van der Waals surface area contributed by atoms with Gasteiger partial charge in [0.15, 0.2) is 0 Å². The maximum Gasteiger partial charge on any atom is 0.410 e. The Morgan fingerprint density at radius 2 is 2.26 bits per heavy atom. The SMILES string of the molecule is CCC(CF)OC(=O)N1CCC(C(C)C)C(C#N)C1. The first kappa shape index (κ1) is 15.7. The Morgan fingerprint density at radius 3 is 2.74 bits per heavy atom. The van der Waals surface area contributed by atoms with E-state index in [1.807, 2.05) is 0 Å². The average molecular weight is 270 g/mol. The van der Waals surface area contributed by atoms with Gasteiger partial charge in [-0.3, -0.25) is 0 Å². The minimum atomic E-state index is -0.671. The minimum absolute atomic E-state index is 0.160. The second-order valence-electron chi connectivity index (χ2n) is 5.45. The lowest BCUT2D eigenvalue weighted by Gasteiger charge is -2.37. The van der Waals surface area contributed by atoms with Crippen molar-refractivity contribution in [1.29, 1.82) is 5.26 Å². The van der Waals surface area contributed by atoms with Crippen molar-refractivity contribution in [3.8, 4) is 6.07 Å². The van der Waals surface area contributed by atoms with Gasteiger partial charge in [0.25, 0.3) is 0 Å². The molecule has 1 aliphatic heterocycles. The van der Waals surface area contributed by atoms with E-state index in [0.717, 1.165) is 6.42 Å². The molecule has 1 aliphatic rings. The molecule has 3 unspecified atom stereocenters. The molecular weight excluding hydrogens is 247 g/mol. The Labute approximate surface area is 114 Å². The quantitative estimate of drug-likeness (QED) is 0.789. The van der Waals surface area contributed by atoms with E-state index in [-0.39, 0.29) is 5.92 Å². The van der Waals surface area contributed by atoms with Crippen LogP contribution in [0.25, 0.3) is 0 Å². The Kier molecular flexibility index (Phi) is 6.07. The van der Waals surface area contributed by atoms with E-state index in [0.29, 0.717) is 31.3 Å². The van der Waals surface area contributed by atoms with Gasteiger partial charge in [0.05, 0.1) is 12.0 Å². The van der Waals surface area contributed by atoms with Crippen molar-refractivity contribution < 1.29 is 13.9 Å². The van der Waals surface area contributed by atoms with Gasteiger partial charge in [0.1, 0.15) is 12.8 Å². The molecule has 0 aromatic carbocycles. The van der Waals surface area contributed by atoms with Crippen molar-refractivity contribution in [2.24, 2.45) is 17.8 Å². The Bertz CT molecular complexity index is 337. The normalized spacial score (nSPS) is 24.9. The fourth-order valence-electron chi connectivity index (χ4n) is 2.51. The fraction of sp³-hybridized carbons (Fsp3) is 0.857. The minimum Gasteiger partial charge on any atom is -0.443 e. The molecule has 0 saturated carbocycles. The number of alkyl halides is 1. The molecule has 3 atom stereocenters. The number of hydrogen-bond acceptors (Lipinski definition) is 3. The molecule has 0 spiro atoms. The topological polar surface area (TPSA) is 53.3 Å². The molecule has 0 radical (unpaired) electrons. The van der Waals surface area contributed by atoms with Gasteiger partial charge in [-0.05, 0) is 24.7 Å². The summed E-state index contributed by atoms with van der Waals surface area (Å²) in [5.41, 5.74) is 0. The van der Waals surface area contributed by atoms with Crippen LogP contribution in [0.3, 0.4) is 0 Å². The summed E-state index contributed by atoms with van der Waals surface area (Å²) in [4.78, 5) is 13.4. The van der Waals surface area contributed by atoms with Gasteiger partial charge < -0.3 is 9.64 Å². The maximum atomic E-state index is 12.5. The number of carbonyl (C=O) groups excluding carboxylic acids is 1. The Morgan fingerprint density at radius 1 is 1.58 bits per heavy atom. The summed E-state index contributed by atoms with van der Waals surface area (Å²) in [5.74, 6) is 0.584. The number of nitriles is 1. The van der Waals surface area contributed by atoms with E-state index in [4.69, 9.17) is 4.74 Å². The molecule has 0 aliphatic carbocycles. The summed E-state index contributed by atoms with van der Waals surface area (Å²) in [7, 11) is 0. The van der Waals surface area contributed by atoms with Crippen LogP contribution in [-0.4, -0.2) is 36.9 Å². The summed E-state index contributed by atoms with van der Waals surface area (Å²) in [6.07, 6.45) is 0.104. The Balaban J connectivity index is 2.58. The van der Waals surface area contributed by atoms with Crippen LogP contribution in [0.2, 0.25) is 0 Å². The van der Waals surface area contributed by atoms with Crippen LogP contribution in [0.5, 0.6) is 0 Å². The molecule has 0 N–H and O–H groups in total. The van der Waals surface area contributed by atoms with Gasteiger partial charge in [-0.15, -0.1) is 0 Å². The summed E-state index contributed by atoms with van der Waals surface area (Å²) >= 11 is 0. The number of piperidine rings is 1. The zero-order valence-electron chi connectivity index (χ0n) is 11.9. The largest absolute Gasteiger partial charge is 0.443 e. The Hall–Kier alpha value is -1.31. The van der Waals surface area contributed by atoms with Gasteiger partial charge in [-0.2, -0.15) is 5.26 Å². The van der Waals surface area contributed by atoms with Crippen molar-refractivity contribution >= 4 is 6.09 Å². The van der Waals surface area contributed by atoms with Crippen LogP contribution in [0, 0.1) is 29.1 Å². The van der Waals surface area contributed by atoms with Crippen molar-refractivity contribution in [3.63, 3.8) is 0 Å². The van der Waals surface area contributed by atoms with Gasteiger partial charge in [-0.25, -0.2) is 9.18 Å². The summed E-state index contributed by atoms with van der Waals surface area (Å²) in [6, 6.07) is 2.28. The molecule has 0 aromatic heterocycles. The monoisotopic (exact) mass is 270 g/mol. The van der Waals surface area contributed by atoms with E-state index in [2.05, 4.69) is 19.9 Å². The highest BCUT2D eigenvalue weighted by molar-refractivity contribution is 5.68. The smallest absolute Gasteiger partial charge is 0.410 e. The molecular formula is C14H23FN2O2. The van der Waals surface area contributed by atoms with Crippen molar-refractivity contribution in [2.75, 3.05) is 19.8 Å². The predicted octanol–water partition coefficient (Wildman–Crippen LogP) is 2.99. The second kappa shape index (κ2) is 7.32. The number of ether oxygens (including phenoxy) is 1. The standard InChI is InChI=1S/C14H23FN2O2/c1-4-12(7-15)19-14(18)17-6-5-13(10(2)3)11(8-16)9-17/h10-13H,4-7,9H2,1-3H3. The van der Waals surface area contributed by atoms with Crippen molar-refractivity contribution in [3.05, 3.63) is 0 Å². The van der Waals surface area contributed by atoms with Crippen LogP contribution in [0.4, 0.5) is 9.18 Å². The zero-order valence-corrected chi connectivity index (χ0v) is 11.9. The number of halogens is 1. The van der Waals surface area contributed by atoms with Crippen LogP contribution in [-0.2, 0) is 4.74 Å². The first-order chi connectivity index (χ1) is 9.03. The van der Waals surface area contributed by atoms with Crippen LogP contribution in [0.1, 0.15) is 33.6 Å². The van der Waals surface area contributed by atoms with E-state index in [9.17, 15) is 14.4 Å². The summed E-state index contributed by atoms with van der Waals surface area (Å²) < 4.78 is 17.6. The molecule has 1 heterocycles. The molecule has 1 fully saturated rings. The van der Waals surface area contributed by atoms with E-state index in [1.54, 1.807) is 6.92 Å². The van der Waals surface area contributed by atoms with E-state index >= 15 is 0 Å². The first-order valence-electron chi connectivity index (χ1n) is 6.94. The lowest BCUT2D eigenvalue weighted by molar-refractivity contribution is 0.0320. The van der Waals surface area contributed by atoms with Crippen LogP contribution < -0.4 is 0 Å². The number of carbonyl (C=O) groups is 1. The number of amides is 1. The highest BCUT2D eigenvalue weighted by atomic mass is 19.1. The van der Waals surface area contributed by atoms with E-state index in [1.165, 1.54) is 4.90 Å². The lowest BCUT2D eigenvalue weighted by Crippen LogP contribution is -2.45. The maximum absolute atomic E-state index is 12.5. The summed E-state index contributed by atoms with van der Waals surface area (Å²) in [5, 5.41) is 9.20.